The molecule has 8 nitrogen and oxygen atoms in total. The van der Waals surface area contributed by atoms with Crippen LogP contribution in [0.15, 0.2) is 35.0 Å². The summed E-state index contributed by atoms with van der Waals surface area (Å²) in [5.74, 6) is 2.65. The minimum atomic E-state index is -0.0192. The fourth-order valence-corrected chi connectivity index (χ4v) is 4.26. The van der Waals surface area contributed by atoms with Crippen LogP contribution in [-0.4, -0.2) is 57.3 Å². The van der Waals surface area contributed by atoms with Gasteiger partial charge in [-0.15, -0.1) is 0 Å². The molecule has 1 saturated heterocycles. The summed E-state index contributed by atoms with van der Waals surface area (Å²) < 4.78 is 8.53. The minimum Gasteiger partial charge on any atom is -0.445 e. The Hall–Kier alpha value is -3.00. The normalized spacial score (nSPS) is 18.0. The van der Waals surface area contributed by atoms with E-state index in [0.717, 1.165) is 41.1 Å². The van der Waals surface area contributed by atoms with E-state index >= 15 is 0 Å². The van der Waals surface area contributed by atoms with Gasteiger partial charge in [0.25, 0.3) is 0 Å². The van der Waals surface area contributed by atoms with Crippen LogP contribution in [0.2, 0.25) is 0 Å². The maximum Gasteiger partial charge on any atom is 0.235 e. The second kappa shape index (κ2) is 7.68. The van der Waals surface area contributed by atoms with Gasteiger partial charge in [0.15, 0.2) is 5.82 Å². The van der Waals surface area contributed by atoms with Crippen LogP contribution in [0.25, 0.3) is 5.82 Å². The molecule has 1 aliphatic rings. The molecule has 8 heteroatoms. The number of hydrogen-bond acceptors (Lipinski definition) is 5. The average molecular weight is 410 g/mol. The fraction of sp³-hybridized carbons (Fsp3) is 0.455. The van der Waals surface area contributed by atoms with Crippen LogP contribution >= 0.6 is 0 Å². The Morgan fingerprint density at radius 2 is 2.03 bits per heavy atom. The number of likely N-dealkylation sites (tertiary alicyclic amines) is 1. The van der Waals surface area contributed by atoms with E-state index in [1.807, 2.05) is 39.0 Å². The maximum absolute atomic E-state index is 13.4. The van der Waals surface area contributed by atoms with E-state index in [2.05, 4.69) is 29.2 Å². The summed E-state index contributed by atoms with van der Waals surface area (Å²) in [5, 5.41) is 4.50. The third kappa shape index (κ3) is 4.14. The van der Waals surface area contributed by atoms with Gasteiger partial charge in [0.1, 0.15) is 17.9 Å². The van der Waals surface area contributed by atoms with E-state index in [4.69, 9.17) is 4.42 Å². The van der Waals surface area contributed by atoms with Crippen LogP contribution in [0.3, 0.4) is 0 Å². The number of rotatable bonds is 5. The lowest BCUT2D eigenvalue weighted by molar-refractivity contribution is -0.879. The topological polar surface area (TPSA) is 77.0 Å². The fourth-order valence-electron chi connectivity index (χ4n) is 4.26. The molecule has 4 heterocycles. The van der Waals surface area contributed by atoms with Gasteiger partial charge in [-0.05, 0) is 32.9 Å². The highest BCUT2D eigenvalue weighted by Crippen LogP contribution is 2.30. The Kier molecular flexibility index (Phi) is 5.19. The van der Waals surface area contributed by atoms with Crippen molar-refractivity contribution < 1.29 is 13.7 Å². The molecule has 0 spiro atoms. The zero-order chi connectivity index (χ0) is 21.5. The molecule has 30 heavy (non-hydrogen) atoms. The summed E-state index contributed by atoms with van der Waals surface area (Å²) in [6.45, 7) is 7.87. The van der Waals surface area contributed by atoms with Crippen LogP contribution in [0.4, 0.5) is 11.7 Å². The van der Waals surface area contributed by atoms with Crippen molar-refractivity contribution in [3.05, 3.63) is 47.7 Å². The number of nitrogens with zero attached hydrogens (tertiary/aromatic N) is 6. The molecule has 0 radical (unpaired) electrons. The van der Waals surface area contributed by atoms with Gasteiger partial charge in [0, 0.05) is 36.6 Å². The van der Waals surface area contributed by atoms with Crippen LogP contribution in [0.1, 0.15) is 30.0 Å². The van der Waals surface area contributed by atoms with E-state index in [-0.39, 0.29) is 5.91 Å². The zero-order valence-corrected chi connectivity index (χ0v) is 18.3. The quantitative estimate of drug-likeness (QED) is 0.604. The van der Waals surface area contributed by atoms with Crippen LogP contribution < -0.4 is 4.90 Å². The Morgan fingerprint density at radius 1 is 1.23 bits per heavy atom. The molecule has 1 aliphatic heterocycles. The molecule has 4 rings (SSSR count). The molecule has 158 valence electrons. The summed E-state index contributed by atoms with van der Waals surface area (Å²) in [6, 6.07) is 7.44. The number of carbonyl (C=O) groups is 1. The van der Waals surface area contributed by atoms with Crippen LogP contribution in [-0.2, 0) is 4.79 Å². The van der Waals surface area contributed by atoms with Gasteiger partial charge in [-0.25, -0.2) is 19.5 Å². The van der Waals surface area contributed by atoms with Crippen molar-refractivity contribution in [1.82, 2.24) is 19.7 Å². The third-order valence-electron chi connectivity index (χ3n) is 5.65. The number of carbonyl (C=O) groups excluding carboxylic acids is 1. The number of aromatic nitrogens is 4. The monoisotopic (exact) mass is 409 g/mol. The number of furan rings is 1. The summed E-state index contributed by atoms with van der Waals surface area (Å²) in [4.78, 5) is 23.8. The van der Waals surface area contributed by atoms with Crippen molar-refractivity contribution in [3.63, 3.8) is 0 Å². The summed E-state index contributed by atoms with van der Waals surface area (Å²) in [5.41, 5.74) is 1.87. The molecule has 1 amide bonds. The number of aryl methyl sites for hydroxylation is 3. The second-order valence-corrected chi connectivity index (χ2v) is 8.89. The molecular formula is C22H29N6O2+. The summed E-state index contributed by atoms with van der Waals surface area (Å²) in [7, 11) is 4.42. The summed E-state index contributed by atoms with van der Waals surface area (Å²) in [6.07, 6.45) is 2.97. The van der Waals surface area contributed by atoms with E-state index in [9.17, 15) is 4.79 Å². The van der Waals surface area contributed by atoms with Gasteiger partial charge < -0.3 is 8.90 Å². The highest BCUT2D eigenvalue weighted by atomic mass is 16.4. The van der Waals surface area contributed by atoms with Gasteiger partial charge >= 0.3 is 0 Å². The SMILES string of the molecule is Cc1cc(C)n(-c2cc(N(C(=O)CC3CC[N+](C)(C)C3)c3ccc(C)o3)ncn2)n1. The molecule has 0 aromatic carbocycles. The van der Waals surface area contributed by atoms with Gasteiger partial charge in [-0.2, -0.15) is 5.10 Å². The van der Waals surface area contributed by atoms with Crippen molar-refractivity contribution in [2.24, 2.45) is 5.92 Å². The maximum atomic E-state index is 13.4. The van der Waals surface area contributed by atoms with Gasteiger partial charge in [-0.3, -0.25) is 4.79 Å². The van der Waals surface area contributed by atoms with Crippen molar-refractivity contribution in [3.8, 4) is 5.82 Å². The lowest BCUT2D eigenvalue weighted by Gasteiger charge is -2.24. The van der Waals surface area contributed by atoms with Gasteiger partial charge in [0.2, 0.25) is 11.8 Å². The molecule has 0 saturated carbocycles. The molecular weight excluding hydrogens is 380 g/mol. The molecule has 3 aromatic heterocycles. The Balaban J connectivity index is 1.68. The number of hydrogen-bond donors (Lipinski definition) is 0. The molecule has 1 unspecified atom stereocenters. The molecule has 3 aromatic rings. The lowest BCUT2D eigenvalue weighted by Crippen LogP contribution is -2.37. The first kappa shape index (κ1) is 20.3. The Labute approximate surface area is 176 Å². The molecule has 1 fully saturated rings. The number of anilines is 2. The highest BCUT2D eigenvalue weighted by Gasteiger charge is 2.34. The summed E-state index contributed by atoms with van der Waals surface area (Å²) >= 11 is 0. The molecule has 0 bridgehead atoms. The molecule has 1 atom stereocenters. The van der Waals surface area contributed by atoms with Crippen LogP contribution in [0, 0.1) is 26.7 Å². The van der Waals surface area contributed by atoms with Crippen molar-refractivity contribution in [1.29, 1.82) is 0 Å². The van der Waals surface area contributed by atoms with E-state index in [0.29, 0.717) is 29.9 Å². The van der Waals surface area contributed by atoms with Crippen LogP contribution in [0.5, 0.6) is 0 Å². The van der Waals surface area contributed by atoms with Crippen molar-refractivity contribution in [2.45, 2.75) is 33.6 Å². The van der Waals surface area contributed by atoms with Gasteiger partial charge in [-0.1, -0.05) is 0 Å². The minimum absolute atomic E-state index is 0.0192. The zero-order valence-electron chi connectivity index (χ0n) is 18.3. The average Bonchev–Trinajstić information content (AvgIpc) is 3.34. The largest absolute Gasteiger partial charge is 0.445 e. The smallest absolute Gasteiger partial charge is 0.235 e. The first-order chi connectivity index (χ1) is 14.2. The predicted molar refractivity (Wildman–Crippen MR) is 114 cm³/mol. The van der Waals surface area contributed by atoms with E-state index < -0.39 is 0 Å². The first-order valence-electron chi connectivity index (χ1n) is 10.3. The molecule has 0 N–H and O–H groups in total. The van der Waals surface area contributed by atoms with Crippen molar-refractivity contribution in [2.75, 3.05) is 32.1 Å². The Morgan fingerprint density at radius 3 is 2.63 bits per heavy atom. The van der Waals surface area contributed by atoms with E-state index in [1.54, 1.807) is 15.6 Å². The van der Waals surface area contributed by atoms with Crippen molar-refractivity contribution >= 4 is 17.6 Å². The number of quaternary nitrogens is 1. The predicted octanol–water partition coefficient (Wildman–Crippen LogP) is 3.33. The second-order valence-electron chi connectivity index (χ2n) is 8.89. The first-order valence-corrected chi connectivity index (χ1v) is 10.3. The highest BCUT2D eigenvalue weighted by molar-refractivity contribution is 5.98. The molecule has 0 aliphatic carbocycles. The Bertz CT molecular complexity index is 1070. The third-order valence-corrected chi connectivity index (χ3v) is 5.65. The lowest BCUT2D eigenvalue weighted by atomic mass is 10.0. The van der Waals surface area contributed by atoms with Gasteiger partial charge in [0.05, 0.1) is 32.9 Å². The van der Waals surface area contributed by atoms with E-state index in [1.165, 1.54) is 6.33 Å². The number of amides is 1. The standard InChI is InChI=1S/C22H29N6O2/c1-15-10-16(2)27(25-15)20-12-19(23-14-24-20)26(22-7-6-17(3)30-22)21(29)11-18-8-9-28(4,5)13-18/h6-7,10,12,14,18H,8-9,11,13H2,1-5H3/q+1.